The number of ether oxygens (including phenoxy) is 1. The van der Waals surface area contributed by atoms with Crippen LogP contribution in [0.1, 0.15) is 13.8 Å². The van der Waals surface area contributed by atoms with Crippen LogP contribution in [0.15, 0.2) is 12.2 Å². The summed E-state index contributed by atoms with van der Waals surface area (Å²) in [6.07, 6.45) is 3.52. The number of carbonyl (C=O) groups is 2. The zero-order valence-corrected chi connectivity index (χ0v) is 6.96. The van der Waals surface area contributed by atoms with Crippen molar-refractivity contribution in [2.75, 3.05) is 7.11 Å². The minimum Gasteiger partial charge on any atom is -0.466 e. The average molecular weight is 156 g/mol. The van der Waals surface area contributed by atoms with Crippen LogP contribution in [0.25, 0.3) is 0 Å². The quantitative estimate of drug-likeness (QED) is 0.347. The molecule has 3 nitrogen and oxygen atoms in total. The van der Waals surface area contributed by atoms with Crippen molar-refractivity contribution in [1.82, 2.24) is 0 Å². The van der Waals surface area contributed by atoms with Crippen molar-refractivity contribution in [3.63, 3.8) is 0 Å². The summed E-state index contributed by atoms with van der Waals surface area (Å²) in [5, 5.41) is 0. The minimum atomic E-state index is -0.589. The highest BCUT2D eigenvalue weighted by Gasteiger charge is 2.11. The fraction of sp³-hybridized carbons (Fsp3) is 0.500. The van der Waals surface area contributed by atoms with Crippen molar-refractivity contribution in [2.45, 2.75) is 13.8 Å². The smallest absolute Gasteiger partial charge is 0.330 e. The van der Waals surface area contributed by atoms with Gasteiger partial charge in [0.2, 0.25) is 0 Å². The second-order valence-corrected chi connectivity index (χ2v) is 2.80. The van der Waals surface area contributed by atoms with Crippen LogP contribution in [0.3, 0.4) is 0 Å². The molecule has 0 saturated carbocycles. The molecule has 0 N–H and O–H groups in total. The second kappa shape index (κ2) is 3.91. The van der Waals surface area contributed by atoms with E-state index in [2.05, 4.69) is 4.74 Å². The Morgan fingerprint density at radius 1 is 1.45 bits per heavy atom. The van der Waals surface area contributed by atoms with Crippen molar-refractivity contribution >= 4 is 12.3 Å². The van der Waals surface area contributed by atoms with E-state index < -0.39 is 11.4 Å². The maximum absolute atomic E-state index is 10.5. The third kappa shape index (κ3) is 4.31. The fourth-order valence-electron chi connectivity index (χ4n) is 0.390. The highest BCUT2D eigenvalue weighted by molar-refractivity contribution is 5.82. The molecule has 0 rings (SSSR count). The molecule has 0 aromatic rings. The first kappa shape index (κ1) is 9.88. The Bertz CT molecular complexity index is 180. The van der Waals surface area contributed by atoms with Gasteiger partial charge in [-0.3, -0.25) is 0 Å². The van der Waals surface area contributed by atoms with E-state index in [1.165, 1.54) is 19.3 Å². The zero-order chi connectivity index (χ0) is 8.91. The number of esters is 1. The van der Waals surface area contributed by atoms with Gasteiger partial charge in [0.1, 0.15) is 6.29 Å². The lowest BCUT2D eigenvalue weighted by Gasteiger charge is -2.08. The van der Waals surface area contributed by atoms with Crippen LogP contribution in [0.4, 0.5) is 0 Å². The number of allylic oxidation sites excluding steroid dienone is 1. The summed E-state index contributed by atoms with van der Waals surface area (Å²) in [7, 11) is 1.29. The van der Waals surface area contributed by atoms with Gasteiger partial charge in [0.15, 0.2) is 0 Å². The van der Waals surface area contributed by atoms with Gasteiger partial charge in [-0.15, -0.1) is 0 Å². The van der Waals surface area contributed by atoms with Crippen LogP contribution >= 0.6 is 0 Å². The molecule has 0 spiro atoms. The van der Waals surface area contributed by atoms with Crippen LogP contribution < -0.4 is 0 Å². The monoisotopic (exact) mass is 156 g/mol. The van der Waals surface area contributed by atoms with Gasteiger partial charge in [0.05, 0.1) is 7.11 Å². The largest absolute Gasteiger partial charge is 0.466 e. The highest BCUT2D eigenvalue weighted by atomic mass is 16.5. The lowest BCUT2D eigenvalue weighted by molar-refractivity contribution is -0.134. The molecule has 0 aromatic carbocycles. The van der Waals surface area contributed by atoms with Gasteiger partial charge in [-0.1, -0.05) is 6.08 Å². The second-order valence-electron chi connectivity index (χ2n) is 2.80. The molecule has 0 heterocycles. The third-order valence-corrected chi connectivity index (χ3v) is 1.15. The number of aldehydes is 1. The normalized spacial score (nSPS) is 11.5. The lowest BCUT2D eigenvalue weighted by Crippen LogP contribution is -2.09. The summed E-state index contributed by atoms with van der Waals surface area (Å²) in [5.74, 6) is -0.445. The molecular weight excluding hydrogens is 144 g/mol. The Morgan fingerprint density at radius 2 is 2.00 bits per heavy atom. The molecule has 3 heteroatoms. The van der Waals surface area contributed by atoms with Crippen LogP contribution in [0.5, 0.6) is 0 Å². The molecule has 0 unspecified atom stereocenters. The molecule has 0 radical (unpaired) electrons. The maximum atomic E-state index is 10.5. The van der Waals surface area contributed by atoms with E-state index >= 15 is 0 Å². The van der Waals surface area contributed by atoms with Gasteiger partial charge in [-0.2, -0.15) is 0 Å². The SMILES string of the molecule is COC(=O)/C=C\C(C)(C)C=O. The molecule has 0 atom stereocenters. The molecule has 0 aliphatic heterocycles. The fourth-order valence-corrected chi connectivity index (χ4v) is 0.390. The molecule has 0 aromatic heterocycles. The van der Waals surface area contributed by atoms with E-state index in [1.807, 2.05) is 0 Å². The first-order chi connectivity index (χ1) is 5.02. The van der Waals surface area contributed by atoms with E-state index in [4.69, 9.17) is 0 Å². The van der Waals surface area contributed by atoms with Crippen molar-refractivity contribution < 1.29 is 14.3 Å². The first-order valence-electron chi connectivity index (χ1n) is 3.25. The number of hydrogen-bond acceptors (Lipinski definition) is 3. The van der Waals surface area contributed by atoms with E-state index in [9.17, 15) is 9.59 Å². The topological polar surface area (TPSA) is 43.4 Å². The number of carbonyl (C=O) groups excluding carboxylic acids is 2. The van der Waals surface area contributed by atoms with Crippen molar-refractivity contribution in [1.29, 1.82) is 0 Å². The summed E-state index contributed by atoms with van der Waals surface area (Å²) in [6, 6.07) is 0. The average Bonchev–Trinajstić information content (AvgIpc) is 2.00. The van der Waals surface area contributed by atoms with Crippen LogP contribution in [0.2, 0.25) is 0 Å². The first-order valence-corrected chi connectivity index (χ1v) is 3.25. The number of methoxy groups -OCH3 is 1. The summed E-state index contributed by atoms with van der Waals surface area (Å²) in [4.78, 5) is 20.9. The van der Waals surface area contributed by atoms with E-state index in [-0.39, 0.29) is 0 Å². The summed E-state index contributed by atoms with van der Waals surface area (Å²) < 4.78 is 4.35. The highest BCUT2D eigenvalue weighted by Crippen LogP contribution is 2.11. The number of rotatable bonds is 3. The number of hydrogen-bond donors (Lipinski definition) is 0. The summed E-state index contributed by atoms with van der Waals surface area (Å²) in [5.41, 5.74) is -0.589. The molecule has 0 bridgehead atoms. The maximum Gasteiger partial charge on any atom is 0.330 e. The van der Waals surface area contributed by atoms with E-state index in [0.29, 0.717) is 0 Å². The van der Waals surface area contributed by atoms with Gasteiger partial charge in [0, 0.05) is 11.5 Å². The van der Waals surface area contributed by atoms with Gasteiger partial charge in [-0.05, 0) is 13.8 Å². The Morgan fingerprint density at radius 3 is 2.36 bits per heavy atom. The predicted molar refractivity (Wildman–Crippen MR) is 41.0 cm³/mol. The van der Waals surface area contributed by atoms with E-state index in [0.717, 1.165) is 6.29 Å². The Labute approximate surface area is 66.0 Å². The van der Waals surface area contributed by atoms with Gasteiger partial charge in [0.25, 0.3) is 0 Å². The Hall–Kier alpha value is -1.12. The molecule has 0 amide bonds. The molecule has 0 fully saturated rings. The summed E-state index contributed by atoms with van der Waals surface area (Å²) in [6.45, 7) is 3.42. The molecule has 11 heavy (non-hydrogen) atoms. The van der Waals surface area contributed by atoms with Crippen LogP contribution in [-0.2, 0) is 14.3 Å². The summed E-state index contributed by atoms with van der Waals surface area (Å²) >= 11 is 0. The molecule has 0 aliphatic rings. The van der Waals surface area contributed by atoms with Crippen molar-refractivity contribution in [3.8, 4) is 0 Å². The van der Waals surface area contributed by atoms with Crippen LogP contribution in [0, 0.1) is 5.41 Å². The molecule has 0 aliphatic carbocycles. The van der Waals surface area contributed by atoms with E-state index in [1.54, 1.807) is 13.8 Å². The van der Waals surface area contributed by atoms with Crippen LogP contribution in [-0.4, -0.2) is 19.4 Å². The predicted octanol–water partition coefficient (Wildman–Crippen LogP) is 0.941. The standard InChI is InChI=1S/C8H12O3/c1-8(2,6-9)5-4-7(10)11-3/h4-6H,1-3H3/b5-4-. The van der Waals surface area contributed by atoms with Crippen molar-refractivity contribution in [2.24, 2.45) is 5.41 Å². The minimum absolute atomic E-state index is 0.445. The Balaban J connectivity index is 4.11. The van der Waals surface area contributed by atoms with Crippen molar-refractivity contribution in [3.05, 3.63) is 12.2 Å². The molecule has 0 saturated heterocycles. The Kier molecular flexibility index (Phi) is 3.51. The lowest BCUT2D eigenvalue weighted by atomic mass is 9.95. The van der Waals surface area contributed by atoms with Gasteiger partial charge in [-0.25, -0.2) is 4.79 Å². The zero-order valence-electron chi connectivity index (χ0n) is 6.96. The molecule has 62 valence electrons. The van der Waals surface area contributed by atoms with Gasteiger partial charge >= 0.3 is 5.97 Å². The molecular formula is C8H12O3. The van der Waals surface area contributed by atoms with Gasteiger partial charge < -0.3 is 9.53 Å². The third-order valence-electron chi connectivity index (χ3n) is 1.15.